The lowest BCUT2D eigenvalue weighted by molar-refractivity contribution is 0.360. The molecule has 0 bridgehead atoms. The van der Waals surface area contributed by atoms with Gasteiger partial charge in [0.1, 0.15) is 0 Å². The number of hydrogen-bond donors (Lipinski definition) is 0. The third kappa shape index (κ3) is 2.86. The predicted octanol–water partition coefficient (Wildman–Crippen LogP) is 6.13. The van der Waals surface area contributed by atoms with E-state index in [0.717, 1.165) is 0 Å². The lowest BCUT2D eigenvalue weighted by Crippen LogP contribution is -1.90. The molecule has 3 rings (SSSR count). The molecule has 0 spiro atoms. The van der Waals surface area contributed by atoms with Crippen molar-refractivity contribution in [3.63, 3.8) is 0 Å². The highest BCUT2D eigenvalue weighted by Crippen LogP contribution is 2.38. The van der Waals surface area contributed by atoms with Crippen LogP contribution in [0, 0.1) is 0 Å². The Hall–Kier alpha value is -1.68. The third-order valence-corrected chi connectivity index (χ3v) is 3.62. The van der Waals surface area contributed by atoms with Crippen LogP contribution in [-0.4, -0.2) is 4.98 Å². The number of benzene rings is 2. The van der Waals surface area contributed by atoms with Gasteiger partial charge in [-0.3, -0.25) is 5.11 Å². The fourth-order valence-electron chi connectivity index (χ4n) is 1.90. The minimum atomic E-state index is -0.0888. The first-order valence-electron chi connectivity index (χ1n) is 5.94. The molecule has 21 heavy (non-hydrogen) atoms. The van der Waals surface area contributed by atoms with Crippen LogP contribution in [0.15, 0.2) is 42.5 Å². The van der Waals surface area contributed by atoms with Crippen LogP contribution < -0.4 is 4.74 Å². The highest BCUT2D eigenvalue weighted by molar-refractivity contribution is 6.40. The third-order valence-electron chi connectivity index (χ3n) is 2.84. The van der Waals surface area contributed by atoms with Crippen molar-refractivity contribution in [2.75, 3.05) is 0 Å². The summed E-state index contributed by atoms with van der Waals surface area (Å²) in [5.74, 6) is 0.473. The molecule has 0 N–H and O–H groups in total. The lowest BCUT2D eigenvalue weighted by atomic mass is 10.2. The van der Waals surface area contributed by atoms with Crippen LogP contribution in [0.1, 0.15) is 0 Å². The van der Waals surface area contributed by atoms with Gasteiger partial charge < -0.3 is 4.74 Å². The molecular formula is C15H7Cl3NO2. The molecular weight excluding hydrogens is 333 g/mol. The topological polar surface area (TPSA) is 42.0 Å². The Balaban J connectivity index is 2.03. The van der Waals surface area contributed by atoms with E-state index >= 15 is 0 Å². The minimum absolute atomic E-state index is 0.0888. The molecule has 1 radical (unpaired) electrons. The second-order valence-corrected chi connectivity index (χ2v) is 5.52. The Bertz CT molecular complexity index is 813. The van der Waals surface area contributed by atoms with Gasteiger partial charge >= 0.3 is 0 Å². The number of ether oxygens (including phenoxy) is 1. The Morgan fingerprint density at radius 2 is 1.67 bits per heavy atom. The van der Waals surface area contributed by atoms with E-state index in [-0.39, 0.29) is 21.5 Å². The second kappa shape index (κ2) is 5.60. The molecule has 2 aromatic carbocycles. The van der Waals surface area contributed by atoms with Crippen molar-refractivity contribution < 1.29 is 9.84 Å². The average Bonchev–Trinajstić information content (AvgIpc) is 2.43. The molecule has 0 saturated heterocycles. The van der Waals surface area contributed by atoms with Crippen molar-refractivity contribution >= 4 is 45.7 Å². The van der Waals surface area contributed by atoms with Crippen molar-refractivity contribution in [3.8, 4) is 17.4 Å². The standard InChI is InChI=1S/C15H7Cl3NO2/c16-8-6-10(17)15(11(18)7-8)21-14-5-4-9-12(19-14)2-1-3-13(9)20/h1-7H. The smallest absolute Gasteiger partial charge is 0.219 e. The minimum Gasteiger partial charge on any atom is -0.436 e. The molecule has 105 valence electrons. The Kier molecular flexibility index (Phi) is 3.81. The van der Waals surface area contributed by atoms with E-state index in [1.54, 1.807) is 24.3 Å². The first kappa shape index (κ1) is 14.3. The highest BCUT2D eigenvalue weighted by atomic mass is 35.5. The van der Waals surface area contributed by atoms with E-state index in [2.05, 4.69) is 4.98 Å². The zero-order valence-corrected chi connectivity index (χ0v) is 12.7. The molecule has 0 fully saturated rings. The van der Waals surface area contributed by atoms with Crippen LogP contribution in [0.3, 0.4) is 0 Å². The van der Waals surface area contributed by atoms with Gasteiger partial charge in [-0.2, -0.15) is 0 Å². The molecule has 0 saturated carbocycles. The predicted molar refractivity (Wildman–Crippen MR) is 83.4 cm³/mol. The Morgan fingerprint density at radius 3 is 2.38 bits per heavy atom. The van der Waals surface area contributed by atoms with Gasteiger partial charge in [0, 0.05) is 16.5 Å². The first-order chi connectivity index (χ1) is 10.0. The molecule has 3 aromatic rings. The monoisotopic (exact) mass is 338 g/mol. The maximum absolute atomic E-state index is 11.7. The van der Waals surface area contributed by atoms with Gasteiger partial charge in [0.25, 0.3) is 0 Å². The number of pyridine rings is 1. The maximum atomic E-state index is 11.7. The summed E-state index contributed by atoms with van der Waals surface area (Å²) in [6, 6.07) is 11.2. The van der Waals surface area contributed by atoms with Crippen molar-refractivity contribution in [2.24, 2.45) is 0 Å². The first-order valence-corrected chi connectivity index (χ1v) is 7.07. The number of halogens is 3. The van der Waals surface area contributed by atoms with E-state index in [0.29, 0.717) is 21.8 Å². The number of aromatic nitrogens is 1. The van der Waals surface area contributed by atoms with Crippen LogP contribution in [-0.2, 0) is 5.11 Å². The summed E-state index contributed by atoms with van der Waals surface area (Å²) >= 11 is 18.0. The van der Waals surface area contributed by atoms with Crippen LogP contribution in [0.5, 0.6) is 17.4 Å². The van der Waals surface area contributed by atoms with Gasteiger partial charge in [-0.15, -0.1) is 0 Å². The summed E-state index contributed by atoms with van der Waals surface area (Å²) in [4.78, 5) is 4.26. The molecule has 1 heterocycles. The summed E-state index contributed by atoms with van der Waals surface area (Å²) in [5.41, 5.74) is 0.543. The van der Waals surface area contributed by atoms with E-state index in [1.807, 2.05) is 0 Å². The molecule has 6 heteroatoms. The van der Waals surface area contributed by atoms with Crippen molar-refractivity contribution in [1.82, 2.24) is 4.98 Å². The summed E-state index contributed by atoms with van der Waals surface area (Å²) in [6.45, 7) is 0. The zero-order valence-electron chi connectivity index (χ0n) is 10.4. The molecule has 0 amide bonds. The number of rotatable bonds is 2. The molecule has 0 atom stereocenters. The average molecular weight is 340 g/mol. The van der Waals surface area contributed by atoms with Gasteiger partial charge in [-0.1, -0.05) is 40.9 Å². The van der Waals surface area contributed by atoms with E-state index in [4.69, 9.17) is 39.5 Å². The van der Waals surface area contributed by atoms with E-state index in [9.17, 15) is 5.11 Å². The molecule has 1 aromatic heterocycles. The van der Waals surface area contributed by atoms with Gasteiger partial charge in [0.2, 0.25) is 5.88 Å². The highest BCUT2D eigenvalue weighted by Gasteiger charge is 2.12. The number of nitrogens with zero attached hydrogens (tertiary/aromatic N) is 1. The van der Waals surface area contributed by atoms with E-state index in [1.165, 1.54) is 18.2 Å². The van der Waals surface area contributed by atoms with Crippen LogP contribution in [0.4, 0.5) is 0 Å². The fraction of sp³-hybridized carbons (Fsp3) is 0. The van der Waals surface area contributed by atoms with Crippen LogP contribution >= 0.6 is 34.8 Å². The molecule has 0 aliphatic heterocycles. The van der Waals surface area contributed by atoms with Gasteiger partial charge in [-0.25, -0.2) is 4.98 Å². The largest absolute Gasteiger partial charge is 0.436 e. The van der Waals surface area contributed by atoms with Gasteiger partial charge in [-0.05, 0) is 30.3 Å². The summed E-state index contributed by atoms with van der Waals surface area (Å²) in [7, 11) is 0. The molecule has 3 nitrogen and oxygen atoms in total. The Labute approximate surface area is 135 Å². The van der Waals surface area contributed by atoms with Crippen LogP contribution in [0.2, 0.25) is 15.1 Å². The SMILES string of the molecule is [O]c1cccc2nc(Oc3c(Cl)cc(Cl)cc3Cl)ccc12. The lowest BCUT2D eigenvalue weighted by Gasteiger charge is -2.09. The zero-order chi connectivity index (χ0) is 15.0. The maximum Gasteiger partial charge on any atom is 0.219 e. The number of fused-ring (bicyclic) bond motifs is 1. The summed E-state index contributed by atoms with van der Waals surface area (Å²) in [5, 5.41) is 13.2. The molecule has 0 aliphatic carbocycles. The van der Waals surface area contributed by atoms with Crippen molar-refractivity contribution in [2.45, 2.75) is 0 Å². The number of hydrogen-bond acceptors (Lipinski definition) is 2. The van der Waals surface area contributed by atoms with Gasteiger partial charge in [0.05, 0.1) is 15.6 Å². The summed E-state index contributed by atoms with van der Waals surface area (Å²) in [6.07, 6.45) is 0. The van der Waals surface area contributed by atoms with Crippen molar-refractivity contribution in [3.05, 3.63) is 57.5 Å². The quantitative estimate of drug-likeness (QED) is 0.563. The van der Waals surface area contributed by atoms with E-state index < -0.39 is 0 Å². The molecule has 0 aliphatic rings. The van der Waals surface area contributed by atoms with Crippen molar-refractivity contribution in [1.29, 1.82) is 0 Å². The van der Waals surface area contributed by atoms with Crippen LogP contribution in [0.25, 0.3) is 10.9 Å². The fourth-order valence-corrected chi connectivity index (χ4v) is 2.79. The van der Waals surface area contributed by atoms with Gasteiger partial charge in [0.15, 0.2) is 11.5 Å². The summed E-state index contributed by atoms with van der Waals surface area (Å²) < 4.78 is 5.61. The second-order valence-electron chi connectivity index (χ2n) is 4.27. The Morgan fingerprint density at radius 1 is 0.952 bits per heavy atom. The normalized spacial score (nSPS) is 10.8. The molecule has 0 unspecified atom stereocenters.